The molecule has 5 fully saturated rings. The summed E-state index contributed by atoms with van der Waals surface area (Å²) in [6.45, 7) is 36.0. The van der Waals surface area contributed by atoms with E-state index >= 15 is 4.39 Å². The second kappa shape index (κ2) is 37.8. The van der Waals surface area contributed by atoms with Gasteiger partial charge in [0.05, 0.1) is 37.0 Å². The van der Waals surface area contributed by atoms with Crippen LogP contribution in [-0.2, 0) is 39.9 Å². The Morgan fingerprint density at radius 3 is 2.25 bits per heavy atom. The van der Waals surface area contributed by atoms with Crippen molar-refractivity contribution in [3.8, 4) is 16.9 Å². The van der Waals surface area contributed by atoms with Crippen molar-refractivity contribution in [2.45, 2.75) is 274 Å². The number of aliphatic imine (C=N–C) groups is 2. The Bertz CT molecular complexity index is 3100. The Kier molecular flexibility index (Phi) is 30.4. The van der Waals surface area contributed by atoms with Crippen LogP contribution in [0.25, 0.3) is 22.5 Å². The maximum Gasteiger partial charge on any atom is 0.306 e. The van der Waals surface area contributed by atoms with Gasteiger partial charge >= 0.3 is 11.9 Å². The molecule has 0 spiro atoms. The van der Waals surface area contributed by atoms with Crippen LogP contribution in [0.3, 0.4) is 0 Å². The molecule has 14 nitrogen and oxygen atoms in total. The number of aliphatic carboxylic acids is 1. The van der Waals surface area contributed by atoms with Crippen molar-refractivity contribution in [2.24, 2.45) is 39.6 Å². The van der Waals surface area contributed by atoms with E-state index in [1.165, 1.54) is 58.3 Å². The summed E-state index contributed by atoms with van der Waals surface area (Å²) in [5, 5.41) is 13.6. The van der Waals surface area contributed by atoms with E-state index in [4.69, 9.17) is 35.3 Å². The average Bonchev–Trinajstić information content (AvgIpc) is 1.30. The molecule has 2 bridgehead atoms. The van der Waals surface area contributed by atoms with Crippen LogP contribution in [0.15, 0.2) is 59.2 Å². The lowest BCUT2D eigenvalue weighted by atomic mass is 9.84. The first-order valence-electron chi connectivity index (χ1n) is 37.2. The van der Waals surface area contributed by atoms with E-state index in [1.54, 1.807) is 13.1 Å². The Morgan fingerprint density at radius 1 is 0.906 bits per heavy atom. The van der Waals surface area contributed by atoms with Gasteiger partial charge in [0, 0.05) is 112 Å². The smallest absolute Gasteiger partial charge is 0.306 e. The first kappa shape index (κ1) is 77.3. The number of fused-ring (bicyclic) bond motifs is 2. The lowest BCUT2D eigenvalue weighted by Crippen LogP contribution is -2.44. The number of Topliss-reactive ketones (excluding diaryl/α,β-unsaturated/α-hetero) is 1. The van der Waals surface area contributed by atoms with Crippen molar-refractivity contribution >= 4 is 46.9 Å². The number of rotatable bonds is 28. The van der Waals surface area contributed by atoms with Gasteiger partial charge in [0.2, 0.25) is 0 Å². The zero-order valence-electron chi connectivity index (χ0n) is 61.5. The molecule has 4 heterocycles. The van der Waals surface area contributed by atoms with Crippen LogP contribution in [0.5, 0.6) is 5.75 Å². The Labute approximate surface area is 577 Å². The summed E-state index contributed by atoms with van der Waals surface area (Å²) in [7, 11) is 1.76. The van der Waals surface area contributed by atoms with Crippen molar-refractivity contribution in [3.05, 3.63) is 93.9 Å². The van der Waals surface area contributed by atoms with Crippen molar-refractivity contribution in [3.63, 3.8) is 0 Å². The third kappa shape index (κ3) is 21.5. The van der Waals surface area contributed by atoms with Gasteiger partial charge in [-0.15, -0.1) is 0 Å². The molecule has 3 aromatic rings. The highest BCUT2D eigenvalue weighted by molar-refractivity contribution is 5.99. The Morgan fingerprint density at radius 2 is 1.64 bits per heavy atom. The van der Waals surface area contributed by atoms with Crippen LogP contribution in [0.1, 0.15) is 262 Å². The summed E-state index contributed by atoms with van der Waals surface area (Å²) < 4.78 is 46.9. The Balaban J connectivity index is 0.000000590. The third-order valence-corrected chi connectivity index (χ3v) is 21.0. The lowest BCUT2D eigenvalue weighted by Gasteiger charge is -2.36. The zero-order valence-corrected chi connectivity index (χ0v) is 61.5. The lowest BCUT2D eigenvalue weighted by molar-refractivity contribution is -0.153. The van der Waals surface area contributed by atoms with Crippen molar-refractivity contribution < 1.29 is 47.6 Å². The van der Waals surface area contributed by atoms with Gasteiger partial charge in [0.1, 0.15) is 29.8 Å². The summed E-state index contributed by atoms with van der Waals surface area (Å²) in [6, 6.07) is 12.4. The zero-order chi connectivity index (χ0) is 69.6. The number of ether oxygens (including phenoxy) is 5. The van der Waals surface area contributed by atoms with Crippen LogP contribution in [0.4, 0.5) is 10.1 Å². The summed E-state index contributed by atoms with van der Waals surface area (Å²) in [5.74, 6) is 1.08. The molecule has 15 heteroatoms. The summed E-state index contributed by atoms with van der Waals surface area (Å²) >= 11 is 0. The second-order valence-electron chi connectivity index (χ2n) is 29.4. The number of hydrogen-bond donors (Lipinski definition) is 2. The minimum Gasteiger partial charge on any atom is -0.486 e. The van der Waals surface area contributed by atoms with Gasteiger partial charge in [-0.3, -0.25) is 19.4 Å². The highest BCUT2D eigenvalue weighted by Gasteiger charge is 2.41. The van der Waals surface area contributed by atoms with Gasteiger partial charge in [0.15, 0.2) is 17.4 Å². The van der Waals surface area contributed by atoms with E-state index in [0.29, 0.717) is 92.3 Å². The van der Waals surface area contributed by atoms with E-state index in [1.807, 2.05) is 54.0 Å². The largest absolute Gasteiger partial charge is 0.486 e. The number of halogens is 1. The molecule has 4 aliphatic heterocycles. The molecule has 2 saturated carbocycles. The second-order valence-corrected chi connectivity index (χ2v) is 29.4. The molecule has 2 N–H and O–H groups in total. The van der Waals surface area contributed by atoms with E-state index in [-0.39, 0.29) is 59.7 Å². The van der Waals surface area contributed by atoms with Crippen LogP contribution >= 0.6 is 0 Å². The number of carboxylic acids is 1. The van der Waals surface area contributed by atoms with Gasteiger partial charge in [0.25, 0.3) is 0 Å². The van der Waals surface area contributed by atoms with Crippen molar-refractivity contribution in [1.29, 1.82) is 0 Å². The molecule has 532 valence electrons. The van der Waals surface area contributed by atoms with Gasteiger partial charge in [-0.05, 0) is 174 Å². The summed E-state index contributed by atoms with van der Waals surface area (Å²) in [5.41, 5.74) is 10.1. The third-order valence-electron chi connectivity index (χ3n) is 21.0. The number of nitrogens with zero attached hydrogens (tertiary/aromatic N) is 4. The number of carboxylic acid groups (broad SMARTS) is 1. The number of aryl methyl sites for hydroxylation is 1. The Hall–Kier alpha value is -6.06. The van der Waals surface area contributed by atoms with E-state index in [0.717, 1.165) is 140 Å². The number of likely N-dealkylation sites (tertiary alicyclic amines) is 1. The fraction of sp³-hybridized carbons (Fsp3) is 0.667. The van der Waals surface area contributed by atoms with Crippen molar-refractivity contribution in [2.75, 3.05) is 46.5 Å². The molecule has 3 aromatic carbocycles. The maximum absolute atomic E-state index is 16.4. The molecular weight excluding hydrogens is 1210 g/mol. The van der Waals surface area contributed by atoms with Crippen LogP contribution in [0, 0.1) is 49.3 Å². The maximum atomic E-state index is 16.4. The molecule has 6 aliphatic rings. The highest BCUT2D eigenvalue weighted by Crippen LogP contribution is 2.56. The minimum absolute atomic E-state index is 0.0232. The molecule has 0 aromatic heterocycles. The predicted molar refractivity (Wildman–Crippen MR) is 390 cm³/mol. The summed E-state index contributed by atoms with van der Waals surface area (Å²) in [4.78, 5) is 52.0. The van der Waals surface area contributed by atoms with Crippen LogP contribution in [-0.4, -0.2) is 121 Å². The number of nitrogens with one attached hydrogen (secondary N) is 1. The number of carbonyl (C=O) groups excluding carboxylic acids is 2. The predicted octanol–water partition coefficient (Wildman–Crippen LogP) is 18.7. The fourth-order valence-electron chi connectivity index (χ4n) is 14.8. The molecule has 5 unspecified atom stereocenters. The SMILES string of the molecule is C=C(c1cc(C2CC2)c(-c2c(C)c(F)cc(C)c2C=NC)c(OCc2ccc(C3=CNCCCN3C(C(=O)CCC(C)C(CCCC)C(=O)O)C(C)C)cc2)c1N=C(CC)OC1CCOCC1)N1C[C@@H]2C[C@H]1CCCC2C.CCC(C)(C)OC(C)=O.CCCCC1CCCCO1. The van der Waals surface area contributed by atoms with E-state index in [2.05, 4.69) is 92.0 Å². The molecule has 0 radical (unpaired) electrons. The molecular formula is C81H122FN5O9. The number of unbranched alkanes of at least 4 members (excludes halogenated alkanes) is 2. The normalized spacial score (nSPS) is 21.1. The molecule has 96 heavy (non-hydrogen) atoms. The summed E-state index contributed by atoms with van der Waals surface area (Å²) in [6.07, 6.45) is 26.3. The average molecular weight is 1330 g/mol. The van der Waals surface area contributed by atoms with Crippen molar-refractivity contribution in [1.82, 2.24) is 15.1 Å². The molecule has 7 atom stereocenters. The van der Waals surface area contributed by atoms with Gasteiger partial charge < -0.3 is 43.9 Å². The van der Waals surface area contributed by atoms with E-state index in [9.17, 15) is 19.5 Å². The fourth-order valence-corrected chi connectivity index (χ4v) is 14.8. The molecule has 2 aliphatic carbocycles. The molecule has 0 amide bonds. The van der Waals surface area contributed by atoms with Gasteiger partial charge in [-0.2, -0.15) is 0 Å². The standard InChI is InChI=1S/C65H90FN5O6.C9H18O.C7H14O2/c1-11-13-18-52(65(73)74)42(6)19-26-58(72)63(40(3)4)70-30-15-29-68-37-57(70)48-22-20-46(21-23-48)39-76-64-61(60-44(8)56(66)33-43(7)55(60)36-67-10)54(47-24-25-47)35-53(45(9)71-38-49-34-50(71)17-14-16-41(49)5)62(64)69-59(12-2)77-51-27-31-75-32-28-51;1-2-3-6-9-7-4-5-8-10-9;1-5-7(3,4)9-6(2)8/h20-23,33,35-37,40-42,47,49-52,63,68H,9,11-19,24-32,34,38-39H2,1-8,10H3,(H,73,74);9H,2-8H2,1H3;5H2,1-4H3/t41?,42?,49-,50+,52?,63?;;/m0../s1. The van der Waals surface area contributed by atoms with Crippen LogP contribution in [0.2, 0.25) is 0 Å². The number of ketones is 1. The van der Waals surface area contributed by atoms with Gasteiger partial charge in [-0.1, -0.05) is 125 Å². The number of benzene rings is 3. The topological polar surface area (TPSA) is 161 Å². The number of hydrogen-bond acceptors (Lipinski definition) is 13. The first-order chi connectivity index (χ1) is 46.0. The number of esters is 1. The van der Waals surface area contributed by atoms with Gasteiger partial charge in [-0.25, -0.2) is 9.38 Å². The number of carbonyl (C=O) groups is 3. The minimum atomic E-state index is -0.771. The van der Waals surface area contributed by atoms with E-state index < -0.39 is 11.9 Å². The first-order valence-corrected chi connectivity index (χ1v) is 37.2. The molecule has 9 rings (SSSR count). The quantitative estimate of drug-likeness (QED) is 0.0403. The highest BCUT2D eigenvalue weighted by atomic mass is 19.1. The van der Waals surface area contributed by atoms with Crippen LogP contribution < -0.4 is 10.1 Å². The molecule has 3 saturated heterocycles. The monoisotopic (exact) mass is 1330 g/mol.